The Hall–Kier alpha value is -3.24. The van der Waals surface area contributed by atoms with Crippen molar-refractivity contribution in [3.05, 3.63) is 88.6 Å². The number of nitrogens with zero attached hydrogens (tertiary/aromatic N) is 1. The van der Waals surface area contributed by atoms with E-state index in [1.807, 2.05) is 13.0 Å². The normalized spacial score (nSPS) is 13.8. The van der Waals surface area contributed by atoms with Crippen molar-refractivity contribution in [1.29, 1.82) is 0 Å². The van der Waals surface area contributed by atoms with Crippen molar-refractivity contribution in [3.63, 3.8) is 0 Å². The Morgan fingerprint density at radius 1 is 1.06 bits per heavy atom. The summed E-state index contributed by atoms with van der Waals surface area (Å²) >= 11 is 0. The molecule has 186 valence electrons. The van der Waals surface area contributed by atoms with E-state index in [0.717, 1.165) is 17.9 Å². The quantitative estimate of drug-likeness (QED) is 0.492. The van der Waals surface area contributed by atoms with Crippen molar-refractivity contribution in [3.8, 4) is 11.3 Å². The second-order valence-corrected chi connectivity index (χ2v) is 10.6. The Labute approximate surface area is 202 Å². The lowest BCUT2D eigenvalue weighted by molar-refractivity contribution is -0.141. The second-order valence-electron chi connectivity index (χ2n) is 8.43. The van der Waals surface area contributed by atoms with Crippen molar-refractivity contribution < 1.29 is 26.4 Å². The predicted molar refractivity (Wildman–Crippen MR) is 128 cm³/mol. The average Bonchev–Trinajstić information content (AvgIpc) is 2.80. The molecular formula is C25H26F3N3O3S. The topological polar surface area (TPSA) is 102 Å². The number of carbonyl (C=O) groups is 1. The molecule has 3 N–H and O–H groups in total. The zero-order valence-electron chi connectivity index (χ0n) is 19.4. The number of pyridine rings is 1. The van der Waals surface area contributed by atoms with E-state index >= 15 is 0 Å². The summed E-state index contributed by atoms with van der Waals surface area (Å²) < 4.78 is 63.4. The third kappa shape index (κ3) is 6.46. The van der Waals surface area contributed by atoms with Crippen LogP contribution >= 0.6 is 0 Å². The van der Waals surface area contributed by atoms with Crippen molar-refractivity contribution in [2.45, 2.75) is 37.9 Å². The number of hydrogen-bond donors (Lipinski definition) is 2. The van der Waals surface area contributed by atoms with Gasteiger partial charge in [-0.1, -0.05) is 54.1 Å². The van der Waals surface area contributed by atoms with Gasteiger partial charge < -0.3 is 11.1 Å². The molecule has 0 aliphatic carbocycles. The largest absolute Gasteiger partial charge is 0.433 e. The van der Waals surface area contributed by atoms with Crippen LogP contribution in [0.4, 0.5) is 13.2 Å². The van der Waals surface area contributed by atoms with Crippen LogP contribution in [0, 0.1) is 6.92 Å². The Bertz CT molecular complexity index is 1340. The monoisotopic (exact) mass is 505 g/mol. The van der Waals surface area contributed by atoms with Gasteiger partial charge in [-0.15, -0.1) is 0 Å². The molecule has 0 bridgehead atoms. The summed E-state index contributed by atoms with van der Waals surface area (Å²) in [7, 11) is -3.52. The van der Waals surface area contributed by atoms with E-state index in [1.54, 1.807) is 49.4 Å². The second kappa shape index (κ2) is 10.2. The highest BCUT2D eigenvalue weighted by molar-refractivity contribution is 7.90. The molecule has 6 nitrogen and oxygen atoms in total. The standard InChI is InChI=1S/C25H26F3N3O3S/c1-15-6-4-8-18(12-15)22-20(10-11-21(31-22)25(26,27)28)14-30-24(32)16(2)17-7-5-9-19(13-17)23(29)35(3,33)34/h4-13,16,23H,14,29H2,1-3H3,(H,30,32). The smallest absolute Gasteiger partial charge is 0.351 e. The number of rotatable bonds is 7. The summed E-state index contributed by atoms with van der Waals surface area (Å²) in [5.74, 6) is -1.04. The fourth-order valence-corrected chi connectivity index (χ4v) is 4.21. The first kappa shape index (κ1) is 26.4. The maximum absolute atomic E-state index is 13.3. The molecule has 3 aromatic rings. The van der Waals surface area contributed by atoms with Crippen molar-refractivity contribution in [2.75, 3.05) is 6.26 Å². The maximum Gasteiger partial charge on any atom is 0.433 e. The molecule has 1 heterocycles. The van der Waals surface area contributed by atoms with Crippen LogP contribution in [0.25, 0.3) is 11.3 Å². The first-order chi connectivity index (χ1) is 16.3. The number of aromatic nitrogens is 1. The number of alkyl halides is 3. The maximum atomic E-state index is 13.3. The number of hydrogen-bond acceptors (Lipinski definition) is 5. The first-order valence-corrected chi connectivity index (χ1v) is 12.7. The molecule has 0 aliphatic heterocycles. The van der Waals surface area contributed by atoms with Crippen molar-refractivity contribution in [2.24, 2.45) is 5.73 Å². The summed E-state index contributed by atoms with van der Waals surface area (Å²) in [4.78, 5) is 16.7. The number of carbonyl (C=O) groups excluding carboxylic acids is 1. The van der Waals surface area contributed by atoms with Crippen LogP contribution in [0.3, 0.4) is 0 Å². The van der Waals surface area contributed by atoms with E-state index in [0.29, 0.717) is 22.3 Å². The molecule has 1 aromatic heterocycles. The van der Waals surface area contributed by atoms with Gasteiger partial charge in [0.05, 0.1) is 11.6 Å². The van der Waals surface area contributed by atoms with Gasteiger partial charge in [0, 0.05) is 18.4 Å². The Balaban J connectivity index is 1.85. The molecule has 0 radical (unpaired) electrons. The molecule has 0 saturated heterocycles. The first-order valence-electron chi connectivity index (χ1n) is 10.7. The molecule has 0 saturated carbocycles. The molecular weight excluding hydrogens is 479 g/mol. The number of nitrogens with one attached hydrogen (secondary N) is 1. The summed E-state index contributed by atoms with van der Waals surface area (Å²) in [6, 6.07) is 15.6. The highest BCUT2D eigenvalue weighted by atomic mass is 32.2. The Morgan fingerprint density at radius 3 is 2.34 bits per heavy atom. The van der Waals surface area contributed by atoms with Gasteiger partial charge in [0.1, 0.15) is 11.1 Å². The highest BCUT2D eigenvalue weighted by Crippen LogP contribution is 2.31. The lowest BCUT2D eigenvalue weighted by Gasteiger charge is -2.17. The van der Waals surface area contributed by atoms with E-state index in [4.69, 9.17) is 5.73 Å². The molecule has 10 heteroatoms. The molecule has 3 rings (SSSR count). The van der Waals surface area contributed by atoms with Crippen LogP contribution in [-0.4, -0.2) is 25.6 Å². The van der Waals surface area contributed by atoms with E-state index in [1.165, 1.54) is 6.07 Å². The van der Waals surface area contributed by atoms with Gasteiger partial charge in [0.15, 0.2) is 9.84 Å². The Morgan fingerprint density at radius 2 is 1.71 bits per heavy atom. The number of sulfone groups is 1. The van der Waals surface area contributed by atoms with Crippen LogP contribution in [0.5, 0.6) is 0 Å². The summed E-state index contributed by atoms with van der Waals surface area (Å²) in [6.45, 7) is 3.43. The molecule has 1 amide bonds. The highest BCUT2D eigenvalue weighted by Gasteiger charge is 2.33. The minimum atomic E-state index is -4.60. The van der Waals surface area contributed by atoms with Gasteiger partial charge in [0.25, 0.3) is 0 Å². The number of amides is 1. The van der Waals surface area contributed by atoms with Crippen LogP contribution < -0.4 is 11.1 Å². The van der Waals surface area contributed by atoms with Gasteiger partial charge in [-0.25, -0.2) is 13.4 Å². The summed E-state index contributed by atoms with van der Waals surface area (Å²) in [5.41, 5.74) is 7.64. The third-order valence-electron chi connectivity index (χ3n) is 5.61. The van der Waals surface area contributed by atoms with Crippen LogP contribution in [0.2, 0.25) is 0 Å². The average molecular weight is 506 g/mol. The minimum Gasteiger partial charge on any atom is -0.351 e. The molecule has 2 aromatic carbocycles. The number of benzene rings is 2. The fraction of sp³-hybridized carbons (Fsp3) is 0.280. The molecule has 0 spiro atoms. The summed E-state index contributed by atoms with van der Waals surface area (Å²) in [6.07, 6.45) is -3.57. The number of nitrogens with two attached hydrogens (primary N) is 1. The predicted octanol–water partition coefficient (Wildman–Crippen LogP) is 4.50. The van der Waals surface area contributed by atoms with E-state index in [-0.39, 0.29) is 18.1 Å². The zero-order valence-corrected chi connectivity index (χ0v) is 20.2. The van der Waals surface area contributed by atoms with Gasteiger partial charge in [-0.2, -0.15) is 13.2 Å². The summed E-state index contributed by atoms with van der Waals surface area (Å²) in [5, 5.41) is 1.53. The van der Waals surface area contributed by atoms with E-state index < -0.39 is 33.0 Å². The molecule has 2 unspecified atom stereocenters. The van der Waals surface area contributed by atoms with Gasteiger partial charge in [0.2, 0.25) is 5.91 Å². The lowest BCUT2D eigenvalue weighted by Crippen LogP contribution is -2.28. The molecule has 2 atom stereocenters. The van der Waals surface area contributed by atoms with Crippen molar-refractivity contribution in [1.82, 2.24) is 10.3 Å². The van der Waals surface area contributed by atoms with Crippen molar-refractivity contribution >= 4 is 15.7 Å². The molecule has 35 heavy (non-hydrogen) atoms. The SMILES string of the molecule is Cc1cccc(-c2nc(C(F)(F)F)ccc2CNC(=O)C(C)c2cccc(C(N)S(C)(=O)=O)c2)c1. The van der Waals surface area contributed by atoms with Gasteiger partial charge in [-0.3, -0.25) is 4.79 Å². The fourth-order valence-electron chi connectivity index (χ4n) is 3.57. The van der Waals surface area contributed by atoms with Crippen LogP contribution in [-0.2, 0) is 27.4 Å². The third-order valence-corrected chi connectivity index (χ3v) is 6.80. The number of halogens is 3. The van der Waals surface area contributed by atoms with Crippen LogP contribution in [0.1, 0.15) is 46.2 Å². The van der Waals surface area contributed by atoms with Gasteiger partial charge >= 0.3 is 6.18 Å². The van der Waals surface area contributed by atoms with Crippen LogP contribution in [0.15, 0.2) is 60.7 Å². The Kier molecular flexibility index (Phi) is 7.66. The number of aryl methyl sites for hydroxylation is 1. The van der Waals surface area contributed by atoms with E-state index in [2.05, 4.69) is 10.3 Å². The van der Waals surface area contributed by atoms with Gasteiger partial charge in [-0.05, 0) is 42.7 Å². The molecule has 0 aliphatic rings. The lowest BCUT2D eigenvalue weighted by atomic mass is 9.97. The van der Waals surface area contributed by atoms with E-state index in [9.17, 15) is 26.4 Å². The molecule has 0 fully saturated rings. The minimum absolute atomic E-state index is 0.0415. The zero-order chi connectivity index (χ0) is 26.0.